The average molecular weight is 1010 g/mol. The van der Waals surface area contributed by atoms with E-state index in [0.717, 1.165) is 66.4 Å². The molecule has 0 unspecified atom stereocenters. The minimum absolute atomic E-state index is 0.125. The van der Waals surface area contributed by atoms with E-state index in [1.807, 2.05) is 36.4 Å². The lowest BCUT2D eigenvalue weighted by molar-refractivity contribution is 0.568. The molecule has 8 aromatic carbocycles. The molecule has 11 rings (SSSR count). The van der Waals surface area contributed by atoms with Gasteiger partial charge in [-0.25, -0.2) is 29.9 Å². The highest BCUT2D eigenvalue weighted by Gasteiger charge is 2.27. The topological polar surface area (TPSA) is 82.3 Å². The van der Waals surface area contributed by atoms with E-state index in [0.29, 0.717) is 34.9 Å². The second kappa shape index (κ2) is 19.3. The molecule has 0 atom stereocenters. The van der Waals surface area contributed by atoms with Gasteiger partial charge in [0.15, 0.2) is 34.9 Å². The van der Waals surface area contributed by atoms with Crippen molar-refractivity contribution < 1.29 is 0 Å². The van der Waals surface area contributed by atoms with Crippen molar-refractivity contribution >= 4 is 21.8 Å². The SMILES string of the molecule is CC(C)(C)c1cc(-c2nc(-c3cc(C(C)(C)C)cc(C(C)(C)C)c3)nc(-c3ccc(-n4c5ccccc5c5cc(-c6ccccc6)ccc54)c(-c4nc(-c5ccccc5)nc(-c5ccccc5)n4)c3)n2)cc(C(C)(C)C)c1. The smallest absolute Gasteiger partial charge is 0.166 e. The molecule has 0 amide bonds. The van der Waals surface area contributed by atoms with Crippen molar-refractivity contribution in [3.63, 3.8) is 0 Å². The fourth-order valence-corrected chi connectivity index (χ4v) is 10.0. The zero-order valence-electron chi connectivity index (χ0n) is 46.5. The second-order valence-electron chi connectivity index (χ2n) is 24.6. The number of hydrogen-bond acceptors (Lipinski definition) is 6. The Balaban J connectivity index is 1.22. The van der Waals surface area contributed by atoms with Gasteiger partial charge in [-0.15, -0.1) is 0 Å². The molecule has 0 radical (unpaired) electrons. The van der Waals surface area contributed by atoms with Crippen molar-refractivity contribution in [1.82, 2.24) is 34.5 Å². The quantitative estimate of drug-likeness (QED) is 0.151. The van der Waals surface area contributed by atoms with E-state index < -0.39 is 0 Å². The van der Waals surface area contributed by atoms with Gasteiger partial charge in [-0.1, -0.05) is 210 Å². The van der Waals surface area contributed by atoms with E-state index in [4.69, 9.17) is 29.9 Å². The molecule has 0 N–H and O–H groups in total. The molecular formula is C70H67N7. The van der Waals surface area contributed by atoms with Crippen LogP contribution >= 0.6 is 0 Å². The van der Waals surface area contributed by atoms with Gasteiger partial charge in [0.25, 0.3) is 0 Å². The van der Waals surface area contributed by atoms with Gasteiger partial charge < -0.3 is 4.57 Å². The monoisotopic (exact) mass is 1010 g/mol. The van der Waals surface area contributed by atoms with Crippen molar-refractivity contribution in [3.05, 3.63) is 210 Å². The molecule has 0 aliphatic rings. The van der Waals surface area contributed by atoms with E-state index in [2.05, 4.69) is 239 Å². The van der Waals surface area contributed by atoms with Gasteiger partial charge in [-0.05, 0) is 116 Å². The molecule has 7 heteroatoms. The summed E-state index contributed by atoms with van der Waals surface area (Å²) in [6, 6.07) is 66.6. The summed E-state index contributed by atoms with van der Waals surface area (Å²) >= 11 is 0. The number of nitrogens with zero attached hydrogens (tertiary/aromatic N) is 7. The minimum atomic E-state index is -0.125. The summed E-state index contributed by atoms with van der Waals surface area (Å²) in [4.78, 5) is 32.4. The highest BCUT2D eigenvalue weighted by molar-refractivity contribution is 6.11. The molecule has 0 fully saturated rings. The van der Waals surface area contributed by atoms with Crippen molar-refractivity contribution in [2.45, 2.75) is 105 Å². The average Bonchev–Trinajstić information content (AvgIpc) is 3.83. The molecule has 7 nitrogen and oxygen atoms in total. The Morgan fingerprint density at radius 1 is 0.260 bits per heavy atom. The normalized spacial score (nSPS) is 12.4. The lowest BCUT2D eigenvalue weighted by atomic mass is 9.79. The largest absolute Gasteiger partial charge is 0.309 e. The van der Waals surface area contributed by atoms with Crippen LogP contribution in [0.15, 0.2) is 188 Å². The third-order valence-electron chi connectivity index (χ3n) is 14.7. The summed E-state index contributed by atoms with van der Waals surface area (Å²) in [6.45, 7) is 27.2. The molecule has 0 saturated carbocycles. The van der Waals surface area contributed by atoms with Crippen LogP contribution in [0.25, 0.3) is 107 Å². The zero-order valence-corrected chi connectivity index (χ0v) is 46.5. The first kappa shape index (κ1) is 50.7. The van der Waals surface area contributed by atoms with Crippen molar-refractivity contribution in [3.8, 4) is 85.1 Å². The maximum atomic E-state index is 5.50. The van der Waals surface area contributed by atoms with Crippen LogP contribution in [0, 0.1) is 0 Å². The Hall–Kier alpha value is -8.42. The first-order chi connectivity index (χ1) is 36.7. The number of benzene rings is 8. The summed E-state index contributed by atoms with van der Waals surface area (Å²) in [7, 11) is 0. The summed E-state index contributed by atoms with van der Waals surface area (Å²) < 4.78 is 2.36. The predicted octanol–water partition coefficient (Wildman–Crippen LogP) is 18.0. The molecule has 3 heterocycles. The van der Waals surface area contributed by atoms with Gasteiger partial charge in [-0.3, -0.25) is 0 Å². The van der Waals surface area contributed by atoms with Crippen LogP contribution < -0.4 is 0 Å². The first-order valence-electron chi connectivity index (χ1n) is 26.9. The Morgan fingerprint density at radius 2 is 0.623 bits per heavy atom. The predicted molar refractivity (Wildman–Crippen MR) is 320 cm³/mol. The highest BCUT2D eigenvalue weighted by Crippen LogP contribution is 2.41. The molecule has 0 aliphatic carbocycles. The van der Waals surface area contributed by atoms with E-state index in [1.165, 1.54) is 27.8 Å². The maximum Gasteiger partial charge on any atom is 0.166 e. The standard InChI is InChI=1S/C70H67N7/c1-67(2,3)51-36-49(37-52(42-51)68(4,5)6)64-72-63(73-65(74-64)50-38-53(69(7,8)9)43-54(39-50)70(10,11)12)48-33-35-60(77-58-31-23-22-30-55(58)56-40-47(32-34-59(56)77)44-24-16-13-17-25-44)57(41-48)66-75-61(45-26-18-14-19-27-45)71-62(76-66)46-28-20-15-21-29-46/h13-43H,1-12H3. The fourth-order valence-electron chi connectivity index (χ4n) is 10.0. The maximum absolute atomic E-state index is 5.50. The number of para-hydroxylation sites is 1. The van der Waals surface area contributed by atoms with Crippen LogP contribution in [0.1, 0.15) is 105 Å². The Kier molecular flexibility index (Phi) is 12.7. The second-order valence-corrected chi connectivity index (χ2v) is 24.6. The molecule has 382 valence electrons. The van der Waals surface area contributed by atoms with Gasteiger partial charge in [0.1, 0.15) is 0 Å². The van der Waals surface area contributed by atoms with Crippen molar-refractivity contribution in [2.24, 2.45) is 0 Å². The van der Waals surface area contributed by atoms with Gasteiger partial charge in [0.2, 0.25) is 0 Å². The Morgan fingerprint density at radius 3 is 1.08 bits per heavy atom. The van der Waals surface area contributed by atoms with E-state index in [1.54, 1.807) is 0 Å². The molecule has 0 bridgehead atoms. The lowest BCUT2D eigenvalue weighted by Gasteiger charge is -2.26. The lowest BCUT2D eigenvalue weighted by Crippen LogP contribution is -2.17. The van der Waals surface area contributed by atoms with Gasteiger partial charge in [0.05, 0.1) is 16.7 Å². The first-order valence-corrected chi connectivity index (χ1v) is 26.9. The third kappa shape index (κ3) is 10.2. The summed E-state index contributed by atoms with van der Waals surface area (Å²) in [5, 5.41) is 2.29. The fraction of sp³-hybridized carbons (Fsp3) is 0.229. The van der Waals surface area contributed by atoms with Gasteiger partial charge >= 0.3 is 0 Å². The number of aromatic nitrogens is 7. The number of hydrogen-bond donors (Lipinski definition) is 0. The van der Waals surface area contributed by atoms with Crippen LogP contribution in [-0.4, -0.2) is 34.5 Å². The molecule has 3 aromatic heterocycles. The van der Waals surface area contributed by atoms with Crippen LogP contribution in [0.3, 0.4) is 0 Å². The molecule has 0 aliphatic heterocycles. The van der Waals surface area contributed by atoms with Gasteiger partial charge in [-0.2, -0.15) is 0 Å². The van der Waals surface area contributed by atoms with Crippen molar-refractivity contribution in [1.29, 1.82) is 0 Å². The third-order valence-corrected chi connectivity index (χ3v) is 14.7. The number of rotatable bonds is 8. The van der Waals surface area contributed by atoms with Crippen LogP contribution in [-0.2, 0) is 21.7 Å². The highest BCUT2D eigenvalue weighted by atomic mass is 15.1. The molecular weight excluding hydrogens is 939 g/mol. The minimum Gasteiger partial charge on any atom is -0.309 e. The van der Waals surface area contributed by atoms with Crippen LogP contribution in [0.2, 0.25) is 0 Å². The summed E-state index contributed by atoms with van der Waals surface area (Å²) in [6.07, 6.45) is 0. The molecule has 77 heavy (non-hydrogen) atoms. The molecule has 0 spiro atoms. The van der Waals surface area contributed by atoms with Gasteiger partial charge in [0, 0.05) is 44.2 Å². The Labute approximate surface area is 454 Å². The van der Waals surface area contributed by atoms with Crippen LogP contribution in [0.4, 0.5) is 0 Å². The van der Waals surface area contributed by atoms with Crippen molar-refractivity contribution in [2.75, 3.05) is 0 Å². The van der Waals surface area contributed by atoms with Crippen LogP contribution in [0.5, 0.6) is 0 Å². The summed E-state index contributed by atoms with van der Waals surface area (Å²) in [5.41, 5.74) is 15.0. The Bertz CT molecular complexity index is 3780. The molecule has 0 saturated heterocycles. The number of fused-ring (bicyclic) bond motifs is 3. The van der Waals surface area contributed by atoms with E-state index in [9.17, 15) is 0 Å². The zero-order chi connectivity index (χ0) is 54.0. The summed E-state index contributed by atoms with van der Waals surface area (Å²) in [5.74, 6) is 3.45. The van der Waals surface area contributed by atoms with E-state index in [-0.39, 0.29) is 21.7 Å². The van der Waals surface area contributed by atoms with E-state index >= 15 is 0 Å². The molecule has 11 aromatic rings.